The van der Waals surface area contributed by atoms with Crippen LogP contribution in [0.3, 0.4) is 0 Å². The zero-order chi connectivity index (χ0) is 15.4. The zero-order valence-corrected chi connectivity index (χ0v) is 13.1. The molecule has 0 aliphatic heterocycles. The van der Waals surface area contributed by atoms with Crippen LogP contribution in [-0.4, -0.2) is 29.5 Å². The number of hydrogen-bond acceptors (Lipinski definition) is 2. The number of rotatable bonds is 7. The van der Waals surface area contributed by atoms with Crippen LogP contribution >= 0.6 is 9.47 Å². The second-order valence-corrected chi connectivity index (χ2v) is 5.07. The van der Waals surface area contributed by atoms with E-state index in [9.17, 15) is 8.78 Å². The first-order valence-electron chi connectivity index (χ1n) is 6.68. The van der Waals surface area contributed by atoms with E-state index in [1.165, 1.54) is 6.08 Å². The van der Waals surface area contributed by atoms with Crippen molar-refractivity contribution in [1.82, 2.24) is 9.88 Å². The number of benzene rings is 1. The lowest BCUT2D eigenvalue weighted by Crippen LogP contribution is -2.31. The minimum atomic E-state index is -2.48. The van der Waals surface area contributed by atoms with Crippen molar-refractivity contribution in [3.63, 3.8) is 0 Å². The van der Waals surface area contributed by atoms with Gasteiger partial charge in [0.15, 0.2) is 0 Å². The maximum Gasteiger partial charge on any atom is 0.295 e. The summed E-state index contributed by atoms with van der Waals surface area (Å²) in [5, 5.41) is 0.956. The van der Waals surface area contributed by atoms with Gasteiger partial charge in [-0.15, -0.1) is 6.58 Å². The summed E-state index contributed by atoms with van der Waals surface area (Å²) in [6.45, 7) is 3.42. The summed E-state index contributed by atoms with van der Waals surface area (Å²) < 4.78 is 31.1. The average molecular weight is 312 g/mol. The molecule has 0 aliphatic carbocycles. The maximum absolute atomic E-state index is 12.9. The van der Waals surface area contributed by atoms with E-state index in [1.54, 1.807) is 0 Å². The maximum atomic E-state index is 12.9. The molecule has 2 aromatic rings. The Morgan fingerprint density at radius 3 is 2.86 bits per heavy atom. The molecular weight excluding hydrogens is 293 g/mol. The molecule has 3 nitrogen and oxygen atoms in total. The van der Waals surface area contributed by atoms with Gasteiger partial charge in [-0.05, 0) is 31.0 Å². The van der Waals surface area contributed by atoms with Crippen LogP contribution in [0.4, 0.5) is 8.78 Å². The fourth-order valence-electron chi connectivity index (χ4n) is 2.51. The van der Waals surface area contributed by atoms with Gasteiger partial charge >= 0.3 is 0 Å². The summed E-state index contributed by atoms with van der Waals surface area (Å²) in [5.74, 6) is 0.726. The molecule has 1 aromatic carbocycles. The molecule has 1 atom stereocenters. The van der Waals surface area contributed by atoms with Gasteiger partial charge in [-0.25, -0.2) is 4.90 Å². The van der Waals surface area contributed by atoms with Crippen LogP contribution < -0.4 is 4.52 Å². The minimum absolute atomic E-state index is 0.173. The fourth-order valence-corrected chi connectivity index (χ4v) is 2.71. The van der Waals surface area contributed by atoms with Crippen molar-refractivity contribution in [2.45, 2.75) is 19.9 Å². The van der Waals surface area contributed by atoms with E-state index in [2.05, 4.69) is 21.0 Å². The second kappa shape index (κ2) is 7.01. The molecule has 0 fully saturated rings. The Hall–Kier alpha value is -1.45. The zero-order valence-electron chi connectivity index (χ0n) is 11.9. The fraction of sp³-hybridized carbons (Fsp3) is 0.333. The summed E-state index contributed by atoms with van der Waals surface area (Å²) in [4.78, 5) is 4.36. The summed E-state index contributed by atoms with van der Waals surface area (Å²) in [7, 11) is 2.23. The number of H-pyrrole nitrogens is 1. The number of aromatic nitrogens is 1. The van der Waals surface area contributed by atoms with Crippen molar-refractivity contribution >= 4 is 20.4 Å². The highest BCUT2D eigenvalue weighted by atomic mass is 31.0. The predicted molar refractivity (Wildman–Crippen MR) is 84.9 cm³/mol. The number of nitrogens with one attached hydrogen (secondary N) is 1. The molecule has 0 saturated carbocycles. The van der Waals surface area contributed by atoms with E-state index in [0.717, 1.165) is 32.8 Å². The van der Waals surface area contributed by atoms with Crippen molar-refractivity contribution in [3.05, 3.63) is 42.1 Å². The topological polar surface area (TPSA) is 28.3 Å². The normalized spacial score (nSPS) is 11.5. The molecule has 114 valence electrons. The average Bonchev–Trinajstić information content (AvgIpc) is 2.78. The van der Waals surface area contributed by atoms with E-state index in [1.807, 2.05) is 25.1 Å². The monoisotopic (exact) mass is 312 g/mol. The smallest absolute Gasteiger partial charge is 0.295 e. The van der Waals surface area contributed by atoms with Crippen LogP contribution in [0.1, 0.15) is 11.3 Å². The Kier molecular flexibility index (Phi) is 5.32. The van der Waals surface area contributed by atoms with Crippen LogP contribution in [0.25, 0.3) is 10.9 Å². The summed E-state index contributed by atoms with van der Waals surface area (Å²) >= 11 is 0. The van der Waals surface area contributed by atoms with Gasteiger partial charge in [0.05, 0.1) is 9.47 Å². The minimum Gasteiger partial charge on any atom is -0.480 e. The third-order valence-electron chi connectivity index (χ3n) is 3.52. The van der Waals surface area contributed by atoms with Gasteiger partial charge in [0.25, 0.3) is 6.55 Å². The third kappa shape index (κ3) is 3.42. The van der Waals surface area contributed by atoms with Crippen LogP contribution in [0.5, 0.6) is 5.75 Å². The molecule has 21 heavy (non-hydrogen) atoms. The van der Waals surface area contributed by atoms with Gasteiger partial charge in [-0.3, -0.25) is 0 Å². The quantitative estimate of drug-likeness (QED) is 0.477. The molecule has 1 heterocycles. The van der Waals surface area contributed by atoms with Crippen LogP contribution in [-0.2, 0) is 6.42 Å². The number of hydrogen-bond donors (Lipinski definition) is 1. The lowest BCUT2D eigenvalue weighted by Gasteiger charge is -2.19. The molecule has 1 aromatic heterocycles. The molecule has 0 radical (unpaired) electrons. The Bertz CT molecular complexity index is 627. The van der Waals surface area contributed by atoms with E-state index in [4.69, 9.17) is 4.52 Å². The lowest BCUT2D eigenvalue weighted by atomic mass is 10.1. The van der Waals surface area contributed by atoms with Crippen molar-refractivity contribution in [2.24, 2.45) is 0 Å². The number of nitrogens with zero attached hydrogens (tertiary/aromatic N) is 1. The number of alkyl halides is 2. The Morgan fingerprint density at radius 1 is 1.48 bits per heavy atom. The largest absolute Gasteiger partial charge is 0.480 e. The second-order valence-electron chi connectivity index (χ2n) is 4.84. The summed E-state index contributed by atoms with van der Waals surface area (Å²) in [6, 6.07) is 5.71. The summed E-state index contributed by atoms with van der Waals surface area (Å²) in [5.41, 5.74) is 2.94. The van der Waals surface area contributed by atoms with Gasteiger partial charge in [0, 0.05) is 29.7 Å². The summed E-state index contributed by atoms with van der Waals surface area (Å²) in [6.07, 6.45) is 2.01. The molecule has 0 aliphatic rings. The Morgan fingerprint density at radius 2 is 2.24 bits per heavy atom. The Labute approximate surface area is 125 Å². The van der Waals surface area contributed by atoms with E-state index in [0.29, 0.717) is 6.42 Å². The van der Waals surface area contributed by atoms with E-state index < -0.39 is 6.55 Å². The first-order chi connectivity index (χ1) is 10.1. The number of fused-ring (bicyclic) bond motifs is 1. The molecule has 0 spiro atoms. The lowest BCUT2D eigenvalue weighted by molar-refractivity contribution is -0.0185. The van der Waals surface area contributed by atoms with E-state index in [-0.39, 0.29) is 13.1 Å². The first-order valence-corrected chi connectivity index (χ1v) is 7.15. The van der Waals surface area contributed by atoms with Gasteiger partial charge in [-0.1, -0.05) is 12.1 Å². The van der Waals surface area contributed by atoms with Crippen molar-refractivity contribution in [3.8, 4) is 5.75 Å². The number of aromatic amines is 1. The van der Waals surface area contributed by atoms with Crippen molar-refractivity contribution in [1.29, 1.82) is 0 Å². The van der Waals surface area contributed by atoms with Crippen molar-refractivity contribution < 1.29 is 13.3 Å². The van der Waals surface area contributed by atoms with Crippen molar-refractivity contribution in [2.75, 3.05) is 13.1 Å². The number of aryl methyl sites for hydroxylation is 1. The van der Waals surface area contributed by atoms with Crippen LogP contribution in [0.2, 0.25) is 0 Å². The number of halogens is 2. The molecular formula is C15H19F2N2OP. The van der Waals surface area contributed by atoms with Crippen LogP contribution in [0, 0.1) is 6.92 Å². The van der Waals surface area contributed by atoms with Gasteiger partial charge in [-0.2, -0.15) is 8.78 Å². The van der Waals surface area contributed by atoms with Crippen LogP contribution in [0.15, 0.2) is 30.9 Å². The highest BCUT2D eigenvalue weighted by Gasteiger charge is 2.17. The third-order valence-corrected chi connectivity index (χ3v) is 3.77. The molecule has 0 amide bonds. The SMILES string of the molecule is C=CCN(CCc1c(C)[nH]c2cccc(OP)c12)C(F)F. The highest BCUT2D eigenvalue weighted by Crippen LogP contribution is 2.32. The standard InChI is InChI=1S/C15H19F2N2OP/c1-3-8-19(15(16)17)9-7-11-10(2)18-12-5-4-6-13(20-21)14(11)12/h3-6,15,18H,1,7-9,21H2,2H3. The first kappa shape index (κ1) is 15.9. The molecule has 0 bridgehead atoms. The molecule has 0 saturated heterocycles. The molecule has 2 rings (SSSR count). The van der Waals surface area contributed by atoms with Gasteiger partial charge in [0.2, 0.25) is 0 Å². The molecule has 6 heteroatoms. The molecule has 1 N–H and O–H groups in total. The predicted octanol–water partition coefficient (Wildman–Crippen LogP) is 3.90. The van der Waals surface area contributed by atoms with E-state index >= 15 is 0 Å². The highest BCUT2D eigenvalue weighted by molar-refractivity contribution is 7.10. The molecule has 1 unspecified atom stereocenters. The van der Waals surface area contributed by atoms with Gasteiger partial charge in [0.1, 0.15) is 5.75 Å². The Balaban J connectivity index is 2.29. The van der Waals surface area contributed by atoms with Gasteiger partial charge < -0.3 is 9.51 Å².